The summed E-state index contributed by atoms with van der Waals surface area (Å²) in [5, 5.41) is 0. The molecule has 14 nitrogen and oxygen atoms in total. The first kappa shape index (κ1) is 35.3. The first-order valence-corrected chi connectivity index (χ1v) is 18.3. The van der Waals surface area contributed by atoms with Gasteiger partial charge in [0, 0.05) is 54.6 Å². The SMILES string of the molecule is C[C@](OC(N)=O)(C(=O)N1CCC[C@H]1c1ncc(-c2ccc(-c3ncc(-c4cnc([C@@H]5CCCN5C(=O)Cc5cccnc5)[nH]4)cn3)cc2)[nH]1)c1ccccc1. The molecule has 2 aliphatic heterocycles. The van der Waals surface area contributed by atoms with E-state index in [4.69, 9.17) is 10.5 Å². The van der Waals surface area contributed by atoms with Gasteiger partial charge in [-0.25, -0.2) is 24.7 Å². The predicted molar refractivity (Wildman–Crippen MR) is 202 cm³/mol. The number of nitrogens with zero attached hydrogens (tertiary/aromatic N) is 7. The molecule has 6 aromatic rings. The van der Waals surface area contributed by atoms with Crippen LogP contribution in [0.25, 0.3) is 33.9 Å². The molecule has 0 bridgehead atoms. The Balaban J connectivity index is 0.930. The number of imidazole rings is 2. The molecule has 4 N–H and O–H groups in total. The van der Waals surface area contributed by atoms with Gasteiger partial charge in [0.1, 0.15) is 11.6 Å². The number of nitrogens with two attached hydrogens (primary N) is 1. The van der Waals surface area contributed by atoms with Crippen LogP contribution in [-0.2, 0) is 26.3 Å². The largest absolute Gasteiger partial charge is 0.428 e. The fourth-order valence-electron chi connectivity index (χ4n) is 7.60. The lowest BCUT2D eigenvalue weighted by molar-refractivity contribution is -0.151. The van der Waals surface area contributed by atoms with Crippen molar-refractivity contribution in [2.24, 2.45) is 5.73 Å². The molecule has 3 amide bonds. The number of benzene rings is 2. The van der Waals surface area contributed by atoms with E-state index in [1.165, 1.54) is 0 Å². The van der Waals surface area contributed by atoms with Gasteiger partial charge in [0.2, 0.25) is 11.5 Å². The van der Waals surface area contributed by atoms with Gasteiger partial charge in [0.15, 0.2) is 5.82 Å². The second-order valence-corrected chi connectivity index (χ2v) is 14.0. The second-order valence-electron chi connectivity index (χ2n) is 14.0. The van der Waals surface area contributed by atoms with Crippen LogP contribution >= 0.6 is 0 Å². The van der Waals surface area contributed by atoms with Gasteiger partial charge in [-0.15, -0.1) is 0 Å². The molecule has 6 heterocycles. The molecular weight excluding hydrogens is 697 g/mol. The minimum absolute atomic E-state index is 0.0630. The Morgan fingerprint density at radius 1 is 0.745 bits per heavy atom. The van der Waals surface area contributed by atoms with E-state index < -0.39 is 11.7 Å². The molecule has 2 aromatic carbocycles. The number of rotatable bonds is 10. The zero-order valence-corrected chi connectivity index (χ0v) is 30.3. The second kappa shape index (κ2) is 15.0. The normalized spacial score (nSPS) is 17.9. The molecular formula is C41H40N10O4. The Kier molecular flexibility index (Phi) is 9.62. The van der Waals surface area contributed by atoms with E-state index in [1.54, 1.807) is 73.3 Å². The molecule has 2 saturated heterocycles. The van der Waals surface area contributed by atoms with Crippen molar-refractivity contribution < 1.29 is 19.1 Å². The van der Waals surface area contributed by atoms with Crippen molar-refractivity contribution in [3.8, 4) is 33.9 Å². The summed E-state index contributed by atoms with van der Waals surface area (Å²) < 4.78 is 5.47. The number of primary amides is 1. The summed E-state index contributed by atoms with van der Waals surface area (Å²) in [4.78, 5) is 72.2. The fourth-order valence-corrected chi connectivity index (χ4v) is 7.60. The van der Waals surface area contributed by atoms with Crippen LogP contribution in [0.5, 0.6) is 0 Å². The Labute approximate surface area is 317 Å². The molecule has 4 aromatic heterocycles. The lowest BCUT2D eigenvalue weighted by atomic mass is 9.93. The van der Waals surface area contributed by atoms with Crippen LogP contribution in [0.3, 0.4) is 0 Å². The lowest BCUT2D eigenvalue weighted by Crippen LogP contribution is -2.48. The molecule has 0 unspecified atom stereocenters. The quantitative estimate of drug-likeness (QED) is 0.154. The lowest BCUT2D eigenvalue weighted by Gasteiger charge is -2.34. The van der Waals surface area contributed by atoms with E-state index in [2.05, 4.69) is 34.9 Å². The topological polar surface area (TPSA) is 189 Å². The zero-order chi connectivity index (χ0) is 37.9. The van der Waals surface area contributed by atoms with Gasteiger partial charge >= 0.3 is 6.09 Å². The van der Waals surface area contributed by atoms with Gasteiger partial charge < -0.3 is 30.2 Å². The highest BCUT2D eigenvalue weighted by Gasteiger charge is 2.46. The maximum Gasteiger partial charge on any atom is 0.405 e. The van der Waals surface area contributed by atoms with Crippen molar-refractivity contribution in [3.63, 3.8) is 0 Å². The summed E-state index contributed by atoms with van der Waals surface area (Å²) >= 11 is 0. The number of hydrogen-bond acceptors (Lipinski definition) is 9. The maximum atomic E-state index is 14.0. The minimum atomic E-state index is -1.58. The molecule has 0 spiro atoms. The average Bonchev–Trinajstić information content (AvgIpc) is 4.05. The molecule has 3 atom stereocenters. The number of carbonyl (C=O) groups excluding carboxylic acids is 3. The van der Waals surface area contributed by atoms with Gasteiger partial charge in [-0.2, -0.15) is 0 Å². The van der Waals surface area contributed by atoms with Gasteiger partial charge in [-0.05, 0) is 49.8 Å². The molecule has 8 rings (SSSR count). The van der Waals surface area contributed by atoms with E-state index >= 15 is 0 Å². The predicted octanol–water partition coefficient (Wildman–Crippen LogP) is 5.90. The zero-order valence-electron chi connectivity index (χ0n) is 30.3. The molecule has 2 fully saturated rings. The Hall–Kier alpha value is -6.70. The number of H-pyrrole nitrogens is 2. The number of amides is 3. The molecule has 2 aliphatic rings. The number of likely N-dealkylation sites (tertiary alicyclic amines) is 2. The maximum absolute atomic E-state index is 14.0. The molecule has 0 radical (unpaired) electrons. The van der Waals surface area contributed by atoms with E-state index in [1.807, 2.05) is 47.4 Å². The first-order valence-electron chi connectivity index (χ1n) is 18.3. The van der Waals surface area contributed by atoms with Crippen LogP contribution in [0, 0.1) is 0 Å². The molecule has 0 saturated carbocycles. The van der Waals surface area contributed by atoms with E-state index in [9.17, 15) is 14.4 Å². The van der Waals surface area contributed by atoms with E-state index in [0.717, 1.165) is 58.7 Å². The minimum Gasteiger partial charge on any atom is -0.428 e. The molecule has 14 heteroatoms. The van der Waals surface area contributed by atoms with Crippen LogP contribution in [-0.4, -0.2) is 75.7 Å². The highest BCUT2D eigenvalue weighted by molar-refractivity contribution is 5.89. The molecule has 278 valence electrons. The van der Waals surface area contributed by atoms with Crippen molar-refractivity contribution in [2.75, 3.05) is 13.1 Å². The first-order chi connectivity index (χ1) is 26.8. The third-order valence-electron chi connectivity index (χ3n) is 10.4. The number of nitrogens with one attached hydrogen (secondary N) is 2. The number of pyridine rings is 1. The van der Waals surface area contributed by atoms with Crippen LogP contribution in [0.15, 0.2) is 104 Å². The highest BCUT2D eigenvalue weighted by atomic mass is 16.6. The van der Waals surface area contributed by atoms with Crippen molar-refractivity contribution >= 4 is 17.9 Å². The van der Waals surface area contributed by atoms with Crippen LogP contribution in [0.4, 0.5) is 4.79 Å². The smallest absolute Gasteiger partial charge is 0.405 e. The highest BCUT2D eigenvalue weighted by Crippen LogP contribution is 2.38. The van der Waals surface area contributed by atoms with Gasteiger partial charge in [0.05, 0.1) is 42.3 Å². The Morgan fingerprint density at radius 3 is 2.00 bits per heavy atom. The fraction of sp³-hybridized carbons (Fsp3) is 0.268. The van der Waals surface area contributed by atoms with Crippen LogP contribution < -0.4 is 5.73 Å². The summed E-state index contributed by atoms with van der Waals surface area (Å²) in [6.45, 7) is 2.76. The average molecular weight is 737 g/mol. The number of aromatic nitrogens is 7. The third-order valence-corrected chi connectivity index (χ3v) is 10.4. The number of ether oxygens (including phenoxy) is 1. The molecule has 0 aliphatic carbocycles. The van der Waals surface area contributed by atoms with Crippen molar-refractivity contribution in [1.29, 1.82) is 0 Å². The summed E-state index contributed by atoms with van der Waals surface area (Å²) in [5.41, 5.74) is 9.40. The standard InChI is InChI=1S/C41H40N10O4/c1-41(55-40(42)54,30-9-3-2-4-10-30)39(53)51-19-7-12-34(51)38-46-24-31(48-38)27-13-15-28(16-14-27)36-44-22-29(23-45-36)32-25-47-37(49-32)33-11-6-18-50(33)35(52)20-26-8-5-17-43-21-26/h2-5,8-10,13-17,21-25,33-34H,6-7,11-12,18-20H2,1H3,(H2,42,54)(H,46,48)(H,47,49)/t33-,34-,41+/m0/s1. The third kappa shape index (κ3) is 7.18. The summed E-state index contributed by atoms with van der Waals surface area (Å²) in [5.74, 6) is 1.68. The van der Waals surface area contributed by atoms with E-state index in [0.29, 0.717) is 43.1 Å². The van der Waals surface area contributed by atoms with Crippen LogP contribution in [0.1, 0.15) is 67.5 Å². The number of carbonyl (C=O) groups is 3. The van der Waals surface area contributed by atoms with Crippen molar-refractivity contribution in [2.45, 2.75) is 56.7 Å². The van der Waals surface area contributed by atoms with Crippen molar-refractivity contribution in [1.82, 2.24) is 44.7 Å². The number of hydrogen-bond donors (Lipinski definition) is 3. The Morgan fingerprint density at radius 2 is 1.36 bits per heavy atom. The van der Waals surface area contributed by atoms with Crippen molar-refractivity contribution in [3.05, 3.63) is 127 Å². The van der Waals surface area contributed by atoms with Gasteiger partial charge in [-0.3, -0.25) is 14.6 Å². The number of aromatic amines is 2. The van der Waals surface area contributed by atoms with E-state index in [-0.39, 0.29) is 23.9 Å². The summed E-state index contributed by atoms with van der Waals surface area (Å²) in [6.07, 6.45) is 13.0. The summed E-state index contributed by atoms with van der Waals surface area (Å²) in [7, 11) is 0. The van der Waals surface area contributed by atoms with Crippen LogP contribution in [0.2, 0.25) is 0 Å². The molecule has 55 heavy (non-hydrogen) atoms. The monoisotopic (exact) mass is 736 g/mol. The summed E-state index contributed by atoms with van der Waals surface area (Å²) in [6, 6.07) is 20.1. The Bertz CT molecular complexity index is 2290. The van der Waals surface area contributed by atoms with Gasteiger partial charge in [0.25, 0.3) is 5.91 Å². The van der Waals surface area contributed by atoms with Gasteiger partial charge in [-0.1, -0.05) is 60.7 Å².